The van der Waals surface area contributed by atoms with Crippen molar-refractivity contribution in [3.05, 3.63) is 71.5 Å². The number of aromatic nitrogens is 3. The van der Waals surface area contributed by atoms with Gasteiger partial charge in [-0.25, -0.2) is 4.68 Å². The van der Waals surface area contributed by atoms with E-state index in [1.165, 1.54) is 30.0 Å². The van der Waals surface area contributed by atoms with Gasteiger partial charge >= 0.3 is 6.18 Å². The maximum absolute atomic E-state index is 13.4. The van der Waals surface area contributed by atoms with E-state index in [4.69, 9.17) is 0 Å². The first-order valence-electron chi connectivity index (χ1n) is 9.78. The molecule has 0 bridgehead atoms. The molecule has 2 unspecified atom stereocenters. The fourth-order valence-corrected chi connectivity index (χ4v) is 4.54. The van der Waals surface area contributed by atoms with E-state index in [2.05, 4.69) is 20.9 Å². The molecule has 10 heteroatoms. The number of carbonyl (C=O) groups is 1. The van der Waals surface area contributed by atoms with E-state index in [9.17, 15) is 18.0 Å². The fourth-order valence-electron chi connectivity index (χ4n) is 3.44. The van der Waals surface area contributed by atoms with Crippen molar-refractivity contribution in [3.8, 4) is 0 Å². The van der Waals surface area contributed by atoms with Crippen LogP contribution in [0.3, 0.4) is 0 Å². The minimum atomic E-state index is -4.57. The highest BCUT2D eigenvalue weighted by atomic mass is 32.2. The summed E-state index contributed by atoms with van der Waals surface area (Å²) in [6.07, 6.45) is -2.99. The van der Waals surface area contributed by atoms with Crippen molar-refractivity contribution in [3.63, 3.8) is 0 Å². The largest absolute Gasteiger partial charge is 0.418 e. The van der Waals surface area contributed by atoms with Gasteiger partial charge in [-0.2, -0.15) is 13.2 Å². The van der Waals surface area contributed by atoms with E-state index in [1.54, 1.807) is 4.68 Å². The first kappa shape index (κ1) is 21.2. The van der Waals surface area contributed by atoms with Gasteiger partial charge in [0, 0.05) is 6.42 Å². The molecule has 2 heterocycles. The van der Waals surface area contributed by atoms with Gasteiger partial charge < -0.3 is 10.7 Å². The highest BCUT2D eigenvalue weighted by Crippen LogP contribution is 2.39. The molecule has 3 aromatic rings. The summed E-state index contributed by atoms with van der Waals surface area (Å²) in [6, 6.07) is 13.8. The average Bonchev–Trinajstić information content (AvgIpc) is 3.15. The quantitative estimate of drug-likeness (QED) is 0.596. The number of fused-ring (bicyclic) bond motifs is 1. The van der Waals surface area contributed by atoms with Crippen LogP contribution < -0.4 is 10.7 Å². The van der Waals surface area contributed by atoms with Gasteiger partial charge in [0.2, 0.25) is 11.1 Å². The van der Waals surface area contributed by atoms with Gasteiger partial charge in [-0.1, -0.05) is 61.2 Å². The Morgan fingerprint density at radius 1 is 1.13 bits per heavy atom. The number of anilines is 1. The number of halogens is 3. The standard InChI is InChI=1S/C21H20F3N5OS/c1-2-8-16-26-27-20-29(16)28-17(13-9-4-3-5-10-13)18(31-20)19(30)25-15-12-7-6-11-14(15)21(22,23)24/h3-7,9-12,17-18,28H,2,8H2,1H3,(H,25,30). The second kappa shape index (κ2) is 8.62. The number of nitrogens with zero attached hydrogens (tertiary/aromatic N) is 3. The summed E-state index contributed by atoms with van der Waals surface area (Å²) < 4.78 is 41.9. The van der Waals surface area contributed by atoms with Crippen LogP contribution in [0.5, 0.6) is 0 Å². The van der Waals surface area contributed by atoms with E-state index in [0.717, 1.165) is 23.9 Å². The molecular formula is C21H20F3N5OS. The van der Waals surface area contributed by atoms with Crippen molar-refractivity contribution in [2.45, 2.75) is 42.4 Å². The summed E-state index contributed by atoms with van der Waals surface area (Å²) in [4.78, 5) is 13.2. The van der Waals surface area contributed by atoms with Gasteiger partial charge in [0.15, 0.2) is 5.82 Å². The Labute approximate surface area is 181 Å². The predicted molar refractivity (Wildman–Crippen MR) is 112 cm³/mol. The van der Waals surface area contributed by atoms with Gasteiger partial charge in [-0.05, 0) is 24.1 Å². The summed E-state index contributed by atoms with van der Waals surface area (Å²) in [7, 11) is 0. The van der Waals surface area contributed by atoms with Crippen LogP contribution >= 0.6 is 11.8 Å². The van der Waals surface area contributed by atoms with Crippen LogP contribution in [0.1, 0.15) is 36.3 Å². The third-order valence-corrected chi connectivity index (χ3v) is 6.10. The molecule has 2 atom stereocenters. The van der Waals surface area contributed by atoms with Gasteiger partial charge in [-0.3, -0.25) is 4.79 Å². The Bertz CT molecular complexity index is 1070. The first-order valence-corrected chi connectivity index (χ1v) is 10.7. The number of nitrogens with one attached hydrogen (secondary N) is 2. The molecule has 1 aromatic heterocycles. The van der Waals surface area contributed by atoms with E-state index in [-0.39, 0.29) is 5.69 Å². The molecule has 1 aliphatic heterocycles. The summed E-state index contributed by atoms with van der Waals surface area (Å²) in [5, 5.41) is 10.6. The second-order valence-corrected chi connectivity index (χ2v) is 8.18. The lowest BCUT2D eigenvalue weighted by atomic mass is 10.0. The lowest BCUT2D eigenvalue weighted by molar-refractivity contribution is -0.137. The van der Waals surface area contributed by atoms with Crippen LogP contribution in [0.25, 0.3) is 0 Å². The van der Waals surface area contributed by atoms with Crippen LogP contribution in [0.4, 0.5) is 18.9 Å². The molecule has 2 N–H and O–H groups in total. The predicted octanol–water partition coefficient (Wildman–Crippen LogP) is 4.65. The van der Waals surface area contributed by atoms with E-state index in [0.29, 0.717) is 11.6 Å². The first-order chi connectivity index (χ1) is 14.9. The Morgan fingerprint density at radius 3 is 2.55 bits per heavy atom. The van der Waals surface area contributed by atoms with Crippen molar-refractivity contribution in [2.24, 2.45) is 0 Å². The summed E-state index contributed by atoms with van der Waals surface area (Å²) in [6.45, 7) is 2.03. The number of carbonyl (C=O) groups excluding carboxylic acids is 1. The summed E-state index contributed by atoms with van der Waals surface area (Å²) >= 11 is 1.18. The normalized spacial score (nSPS) is 18.2. The molecule has 0 saturated heterocycles. The van der Waals surface area contributed by atoms with E-state index >= 15 is 0 Å². The highest BCUT2D eigenvalue weighted by Gasteiger charge is 2.39. The zero-order valence-electron chi connectivity index (χ0n) is 16.6. The fraction of sp³-hybridized carbons (Fsp3) is 0.286. The number of alkyl halides is 3. The summed E-state index contributed by atoms with van der Waals surface area (Å²) in [5.74, 6) is 0.196. The number of benzene rings is 2. The Balaban J connectivity index is 1.67. The zero-order chi connectivity index (χ0) is 22.0. The molecule has 0 radical (unpaired) electrons. The smallest absolute Gasteiger partial charge is 0.324 e. The van der Waals surface area contributed by atoms with Crippen molar-refractivity contribution in [2.75, 3.05) is 10.7 Å². The number of hydrogen-bond acceptors (Lipinski definition) is 5. The van der Waals surface area contributed by atoms with Crippen molar-refractivity contribution >= 4 is 23.4 Å². The molecule has 0 spiro atoms. The molecular weight excluding hydrogens is 427 g/mol. The Morgan fingerprint density at radius 2 is 1.84 bits per heavy atom. The van der Waals surface area contributed by atoms with Gasteiger partial charge in [-0.15, -0.1) is 10.2 Å². The molecule has 31 heavy (non-hydrogen) atoms. The molecule has 0 fully saturated rings. The topological polar surface area (TPSA) is 71.8 Å². The van der Waals surface area contributed by atoms with Crippen molar-refractivity contribution in [1.82, 2.24) is 14.9 Å². The SMILES string of the molecule is CCCc1nnc2n1NC(c1ccccc1)C(C(=O)Nc1ccccc1C(F)(F)F)S2. The lowest BCUT2D eigenvalue weighted by Gasteiger charge is -2.33. The minimum absolute atomic E-state index is 0.272. The Kier molecular flexibility index (Phi) is 5.90. The maximum Gasteiger partial charge on any atom is 0.418 e. The molecule has 6 nitrogen and oxygen atoms in total. The molecule has 4 rings (SSSR count). The number of hydrogen-bond donors (Lipinski definition) is 2. The number of aryl methyl sites for hydroxylation is 1. The van der Waals surface area contributed by atoms with Crippen LogP contribution in [-0.4, -0.2) is 26.0 Å². The second-order valence-electron chi connectivity index (χ2n) is 7.07. The monoisotopic (exact) mass is 447 g/mol. The van der Waals surface area contributed by atoms with Gasteiger partial charge in [0.25, 0.3) is 0 Å². The number of amides is 1. The van der Waals surface area contributed by atoms with Crippen molar-refractivity contribution < 1.29 is 18.0 Å². The van der Waals surface area contributed by atoms with Crippen LogP contribution in [0.15, 0.2) is 59.8 Å². The molecule has 1 aliphatic rings. The van der Waals surface area contributed by atoms with E-state index < -0.39 is 28.9 Å². The molecule has 2 aromatic carbocycles. The third kappa shape index (κ3) is 4.39. The number of thioether (sulfide) groups is 1. The molecule has 0 aliphatic carbocycles. The minimum Gasteiger partial charge on any atom is -0.324 e. The van der Waals surface area contributed by atoms with Crippen LogP contribution in [0.2, 0.25) is 0 Å². The number of rotatable bonds is 5. The summed E-state index contributed by atoms with van der Waals surface area (Å²) in [5.41, 5.74) is 2.97. The zero-order valence-corrected chi connectivity index (χ0v) is 17.4. The third-order valence-electron chi connectivity index (χ3n) is 4.88. The lowest BCUT2D eigenvalue weighted by Crippen LogP contribution is -2.41. The molecule has 0 saturated carbocycles. The molecule has 162 valence electrons. The highest BCUT2D eigenvalue weighted by molar-refractivity contribution is 8.00. The average molecular weight is 447 g/mol. The molecule has 1 amide bonds. The Hall–Kier alpha value is -3.01. The van der Waals surface area contributed by atoms with Gasteiger partial charge in [0.1, 0.15) is 5.25 Å². The number of para-hydroxylation sites is 1. The van der Waals surface area contributed by atoms with Gasteiger partial charge in [0.05, 0.1) is 17.3 Å². The van der Waals surface area contributed by atoms with Crippen LogP contribution in [0, 0.1) is 0 Å². The van der Waals surface area contributed by atoms with E-state index in [1.807, 2.05) is 37.3 Å². The van der Waals surface area contributed by atoms with Crippen LogP contribution in [-0.2, 0) is 17.4 Å². The van der Waals surface area contributed by atoms with Crippen molar-refractivity contribution in [1.29, 1.82) is 0 Å². The maximum atomic E-state index is 13.4.